The van der Waals surface area contributed by atoms with E-state index in [1.54, 1.807) is 6.07 Å². The van der Waals surface area contributed by atoms with Crippen LogP contribution in [-0.2, 0) is 20.8 Å². The van der Waals surface area contributed by atoms with Crippen molar-refractivity contribution < 1.29 is 24.2 Å². The molecule has 3 N–H and O–H groups in total. The minimum Gasteiger partial charge on any atom is -0.496 e. The normalized spacial score (nSPS) is 9.81. The van der Waals surface area contributed by atoms with E-state index in [1.807, 2.05) is 19.1 Å². The van der Waals surface area contributed by atoms with Gasteiger partial charge in [0.2, 0.25) is 11.8 Å². The van der Waals surface area contributed by atoms with Crippen LogP contribution in [-0.4, -0.2) is 43.1 Å². The molecule has 0 saturated carbocycles. The lowest BCUT2D eigenvalue weighted by molar-refractivity contribution is -0.137. The summed E-state index contributed by atoms with van der Waals surface area (Å²) in [5.74, 6) is -1.43. The molecule has 2 amide bonds. The number of ether oxygens (including phenoxy) is 1. The standard InChI is InChI=1S/C14H18N2O5/c1-9-3-4-11(21-2)10(5-9)6-12(17)15-7-13(18)16-8-14(19)20/h3-5H,6-8H2,1-2H3,(H,15,17)(H,16,18)(H,19,20). The molecule has 0 aromatic heterocycles. The number of rotatable bonds is 7. The van der Waals surface area contributed by atoms with Crippen LogP contribution in [0.15, 0.2) is 18.2 Å². The molecule has 0 saturated heterocycles. The maximum Gasteiger partial charge on any atom is 0.322 e. The van der Waals surface area contributed by atoms with Gasteiger partial charge < -0.3 is 20.5 Å². The highest BCUT2D eigenvalue weighted by Gasteiger charge is 2.10. The van der Waals surface area contributed by atoms with Crippen molar-refractivity contribution in [2.24, 2.45) is 0 Å². The molecule has 21 heavy (non-hydrogen) atoms. The zero-order valence-corrected chi connectivity index (χ0v) is 11.9. The number of nitrogens with one attached hydrogen (secondary N) is 2. The third-order valence-corrected chi connectivity index (χ3v) is 2.67. The Bertz CT molecular complexity index is 542. The maximum absolute atomic E-state index is 11.8. The van der Waals surface area contributed by atoms with Gasteiger partial charge in [0.05, 0.1) is 20.1 Å². The third-order valence-electron chi connectivity index (χ3n) is 2.67. The zero-order valence-electron chi connectivity index (χ0n) is 11.9. The van der Waals surface area contributed by atoms with Gasteiger partial charge in [0.25, 0.3) is 0 Å². The first-order valence-corrected chi connectivity index (χ1v) is 6.31. The van der Waals surface area contributed by atoms with Crippen LogP contribution in [0.25, 0.3) is 0 Å². The van der Waals surface area contributed by atoms with Crippen molar-refractivity contribution in [1.29, 1.82) is 0 Å². The van der Waals surface area contributed by atoms with Crippen LogP contribution in [0.4, 0.5) is 0 Å². The topological polar surface area (TPSA) is 105 Å². The Balaban J connectivity index is 2.49. The van der Waals surface area contributed by atoms with Crippen molar-refractivity contribution in [2.75, 3.05) is 20.2 Å². The lowest BCUT2D eigenvalue weighted by atomic mass is 10.1. The van der Waals surface area contributed by atoms with Gasteiger partial charge in [-0.15, -0.1) is 0 Å². The van der Waals surface area contributed by atoms with Gasteiger partial charge in [-0.2, -0.15) is 0 Å². The van der Waals surface area contributed by atoms with Crippen LogP contribution in [0.2, 0.25) is 0 Å². The molecule has 0 radical (unpaired) electrons. The number of hydrogen-bond acceptors (Lipinski definition) is 4. The SMILES string of the molecule is COc1ccc(C)cc1CC(=O)NCC(=O)NCC(=O)O. The van der Waals surface area contributed by atoms with E-state index in [1.165, 1.54) is 7.11 Å². The Morgan fingerprint density at radius 3 is 2.43 bits per heavy atom. The molecule has 7 heteroatoms. The van der Waals surface area contributed by atoms with Crippen LogP contribution in [0, 0.1) is 6.92 Å². The monoisotopic (exact) mass is 294 g/mol. The summed E-state index contributed by atoms with van der Waals surface area (Å²) in [6.45, 7) is 1.17. The van der Waals surface area contributed by atoms with Gasteiger partial charge in [-0.25, -0.2) is 0 Å². The highest BCUT2D eigenvalue weighted by Crippen LogP contribution is 2.19. The molecule has 7 nitrogen and oxygen atoms in total. The molecule has 0 aliphatic carbocycles. The summed E-state index contributed by atoms with van der Waals surface area (Å²) in [4.78, 5) is 33.3. The first-order chi connectivity index (χ1) is 9.92. The Hall–Kier alpha value is -2.57. The molecule has 0 bridgehead atoms. The third kappa shape index (κ3) is 5.94. The molecular formula is C14H18N2O5. The number of aryl methyl sites for hydroxylation is 1. The van der Waals surface area contributed by atoms with Gasteiger partial charge in [0.1, 0.15) is 12.3 Å². The zero-order chi connectivity index (χ0) is 15.8. The average Bonchev–Trinajstić information content (AvgIpc) is 2.43. The summed E-state index contributed by atoms with van der Waals surface area (Å²) < 4.78 is 5.17. The van der Waals surface area contributed by atoms with Crippen molar-refractivity contribution in [2.45, 2.75) is 13.3 Å². The van der Waals surface area contributed by atoms with E-state index in [0.29, 0.717) is 5.75 Å². The van der Waals surface area contributed by atoms with E-state index in [9.17, 15) is 14.4 Å². The number of carboxylic acid groups (broad SMARTS) is 1. The lowest BCUT2D eigenvalue weighted by Gasteiger charge is -2.10. The fourth-order valence-electron chi connectivity index (χ4n) is 1.70. The number of benzene rings is 1. The van der Waals surface area contributed by atoms with E-state index < -0.39 is 18.4 Å². The number of hydrogen-bond donors (Lipinski definition) is 3. The lowest BCUT2D eigenvalue weighted by Crippen LogP contribution is -2.39. The molecule has 0 unspecified atom stereocenters. The maximum atomic E-state index is 11.8. The minimum absolute atomic E-state index is 0.0804. The van der Waals surface area contributed by atoms with Crippen molar-refractivity contribution in [3.05, 3.63) is 29.3 Å². The van der Waals surface area contributed by atoms with Crippen LogP contribution in [0.3, 0.4) is 0 Å². The number of methoxy groups -OCH3 is 1. The van der Waals surface area contributed by atoms with Crippen molar-refractivity contribution >= 4 is 17.8 Å². The minimum atomic E-state index is -1.14. The summed E-state index contributed by atoms with van der Waals surface area (Å²) in [6.07, 6.45) is 0.0804. The largest absolute Gasteiger partial charge is 0.496 e. The second-order valence-corrected chi connectivity index (χ2v) is 4.44. The molecule has 0 spiro atoms. The first kappa shape index (κ1) is 16.5. The molecule has 114 valence electrons. The first-order valence-electron chi connectivity index (χ1n) is 6.31. The fraction of sp³-hybridized carbons (Fsp3) is 0.357. The smallest absolute Gasteiger partial charge is 0.322 e. The predicted octanol–water partition coefficient (Wildman–Crippen LogP) is -0.137. The summed E-state index contributed by atoms with van der Waals surface area (Å²) >= 11 is 0. The predicted molar refractivity (Wildman–Crippen MR) is 75.1 cm³/mol. The number of amides is 2. The van der Waals surface area contributed by atoms with Gasteiger partial charge in [0.15, 0.2) is 0 Å². The van der Waals surface area contributed by atoms with Gasteiger partial charge in [0, 0.05) is 5.56 Å². The molecule has 0 atom stereocenters. The van der Waals surface area contributed by atoms with Gasteiger partial charge >= 0.3 is 5.97 Å². The number of aliphatic carboxylic acids is 1. The summed E-state index contributed by atoms with van der Waals surface area (Å²) in [5.41, 5.74) is 1.72. The molecular weight excluding hydrogens is 276 g/mol. The molecule has 0 aliphatic heterocycles. The van der Waals surface area contributed by atoms with Crippen LogP contribution in [0.5, 0.6) is 5.75 Å². The number of carbonyl (C=O) groups excluding carboxylic acids is 2. The Morgan fingerprint density at radius 2 is 1.81 bits per heavy atom. The Kier molecular flexibility index (Phi) is 6.19. The second kappa shape index (κ2) is 7.88. The molecule has 0 fully saturated rings. The van der Waals surface area contributed by atoms with Crippen LogP contribution >= 0.6 is 0 Å². The molecule has 1 rings (SSSR count). The van der Waals surface area contributed by atoms with Crippen LogP contribution < -0.4 is 15.4 Å². The van der Waals surface area contributed by atoms with Crippen molar-refractivity contribution in [3.8, 4) is 5.75 Å². The highest BCUT2D eigenvalue weighted by molar-refractivity contribution is 5.87. The van der Waals surface area contributed by atoms with Gasteiger partial charge in [-0.05, 0) is 13.0 Å². The highest BCUT2D eigenvalue weighted by atomic mass is 16.5. The average molecular weight is 294 g/mol. The molecule has 0 heterocycles. The summed E-state index contributed by atoms with van der Waals surface area (Å²) in [5, 5.41) is 13.0. The van der Waals surface area contributed by atoms with E-state index >= 15 is 0 Å². The van der Waals surface area contributed by atoms with Crippen LogP contribution in [0.1, 0.15) is 11.1 Å². The van der Waals surface area contributed by atoms with E-state index in [4.69, 9.17) is 9.84 Å². The second-order valence-electron chi connectivity index (χ2n) is 4.44. The quantitative estimate of drug-likeness (QED) is 0.649. The Morgan fingerprint density at radius 1 is 1.14 bits per heavy atom. The number of carboxylic acids is 1. The summed E-state index contributed by atoms with van der Waals surface area (Å²) in [7, 11) is 1.52. The van der Waals surface area contributed by atoms with Crippen molar-refractivity contribution in [1.82, 2.24) is 10.6 Å². The van der Waals surface area contributed by atoms with E-state index in [0.717, 1.165) is 11.1 Å². The van der Waals surface area contributed by atoms with Crippen molar-refractivity contribution in [3.63, 3.8) is 0 Å². The fourth-order valence-corrected chi connectivity index (χ4v) is 1.70. The van der Waals surface area contributed by atoms with E-state index in [2.05, 4.69) is 10.6 Å². The summed E-state index contributed by atoms with van der Waals surface area (Å²) in [6, 6.07) is 5.49. The Labute approximate surface area is 122 Å². The van der Waals surface area contributed by atoms with Gasteiger partial charge in [-0.1, -0.05) is 17.7 Å². The number of carbonyl (C=O) groups is 3. The van der Waals surface area contributed by atoms with E-state index in [-0.39, 0.29) is 18.9 Å². The molecule has 1 aromatic carbocycles. The van der Waals surface area contributed by atoms with Gasteiger partial charge in [-0.3, -0.25) is 14.4 Å². The molecule has 1 aromatic rings. The molecule has 0 aliphatic rings.